The van der Waals surface area contributed by atoms with E-state index in [4.69, 9.17) is 5.41 Å². The summed E-state index contributed by atoms with van der Waals surface area (Å²) in [6.07, 6.45) is 6.67. The lowest BCUT2D eigenvalue weighted by Crippen LogP contribution is -2.39. The number of nitrogens with one attached hydrogen (secondary N) is 1. The van der Waals surface area contributed by atoms with Gasteiger partial charge in [-0.3, -0.25) is 5.41 Å². The van der Waals surface area contributed by atoms with Crippen LogP contribution < -0.4 is 0 Å². The number of aromatic nitrogens is 2. The zero-order valence-electron chi connectivity index (χ0n) is 16.6. The Bertz CT molecular complexity index is 848. The van der Waals surface area contributed by atoms with Crippen LogP contribution in [0.15, 0.2) is 36.7 Å². The quantitative estimate of drug-likeness (QED) is 0.807. The minimum absolute atomic E-state index is 0.127. The predicted octanol–water partition coefficient (Wildman–Crippen LogP) is 3.65. The van der Waals surface area contributed by atoms with Crippen molar-refractivity contribution in [1.29, 1.82) is 5.41 Å². The first-order valence-electron chi connectivity index (χ1n) is 9.90. The van der Waals surface area contributed by atoms with Crippen molar-refractivity contribution < 1.29 is 5.11 Å². The molecule has 0 bridgehead atoms. The molecule has 1 unspecified atom stereocenters. The molecule has 1 atom stereocenters. The first-order chi connectivity index (χ1) is 13.4. The van der Waals surface area contributed by atoms with E-state index in [0.717, 1.165) is 35.8 Å². The third-order valence-electron chi connectivity index (χ3n) is 5.95. The Morgan fingerprint density at radius 1 is 1.18 bits per heavy atom. The van der Waals surface area contributed by atoms with Crippen molar-refractivity contribution in [2.75, 3.05) is 25.4 Å². The summed E-state index contributed by atoms with van der Waals surface area (Å²) in [5.41, 5.74) is 3.60. The van der Waals surface area contributed by atoms with Crippen LogP contribution in [0.5, 0.6) is 0 Å². The maximum absolute atomic E-state index is 9.69. The molecule has 1 aromatic heterocycles. The molecule has 28 heavy (non-hydrogen) atoms. The molecule has 0 amide bonds. The first kappa shape index (κ1) is 19.4. The molecule has 1 aliphatic carbocycles. The number of rotatable bonds is 5. The van der Waals surface area contributed by atoms with Crippen LogP contribution in [0, 0.1) is 12.3 Å². The van der Waals surface area contributed by atoms with Gasteiger partial charge in [0.25, 0.3) is 0 Å². The van der Waals surface area contributed by atoms with Gasteiger partial charge in [-0.2, -0.15) is 11.8 Å². The van der Waals surface area contributed by atoms with E-state index in [1.165, 1.54) is 18.4 Å². The molecule has 4 rings (SSSR count). The SMILES string of the molecule is Cc1cnc(-c2ccc(C3(CN4CCSC(C)(CO)CC4=N)CC3)cc2)nc1. The summed E-state index contributed by atoms with van der Waals surface area (Å²) in [5.74, 6) is 2.38. The Morgan fingerprint density at radius 3 is 2.46 bits per heavy atom. The van der Waals surface area contributed by atoms with E-state index >= 15 is 0 Å². The maximum atomic E-state index is 9.69. The number of amidine groups is 1. The highest BCUT2D eigenvalue weighted by Crippen LogP contribution is 2.49. The molecule has 148 valence electrons. The second kappa shape index (κ2) is 7.48. The van der Waals surface area contributed by atoms with E-state index in [1.807, 2.05) is 19.3 Å². The van der Waals surface area contributed by atoms with E-state index in [2.05, 4.69) is 46.1 Å². The molecule has 2 N–H and O–H groups in total. The first-order valence-corrected chi connectivity index (χ1v) is 10.9. The van der Waals surface area contributed by atoms with E-state index in [9.17, 15) is 5.11 Å². The number of aliphatic hydroxyl groups excluding tert-OH is 1. The van der Waals surface area contributed by atoms with Crippen molar-refractivity contribution in [1.82, 2.24) is 14.9 Å². The predicted molar refractivity (Wildman–Crippen MR) is 115 cm³/mol. The van der Waals surface area contributed by atoms with Crippen LogP contribution in [0.4, 0.5) is 0 Å². The van der Waals surface area contributed by atoms with Gasteiger partial charge < -0.3 is 10.0 Å². The van der Waals surface area contributed by atoms with Crippen LogP contribution in [0.25, 0.3) is 11.4 Å². The van der Waals surface area contributed by atoms with Crippen molar-refractivity contribution in [3.63, 3.8) is 0 Å². The highest BCUT2D eigenvalue weighted by molar-refractivity contribution is 8.00. The molecule has 2 aliphatic rings. The minimum Gasteiger partial charge on any atom is -0.395 e. The number of hydrogen-bond donors (Lipinski definition) is 2. The summed E-state index contributed by atoms with van der Waals surface area (Å²) < 4.78 is -0.224. The number of nitrogens with zero attached hydrogens (tertiary/aromatic N) is 3. The summed E-state index contributed by atoms with van der Waals surface area (Å²) in [6, 6.07) is 8.65. The molecule has 2 aromatic rings. The van der Waals surface area contributed by atoms with Crippen LogP contribution >= 0.6 is 11.8 Å². The number of aliphatic hydroxyl groups is 1. The van der Waals surface area contributed by atoms with Crippen LogP contribution in [0.3, 0.4) is 0 Å². The molecule has 1 aliphatic heterocycles. The van der Waals surface area contributed by atoms with Crippen molar-refractivity contribution in [3.05, 3.63) is 47.8 Å². The van der Waals surface area contributed by atoms with Gasteiger partial charge in [-0.15, -0.1) is 0 Å². The Hall–Kier alpha value is -1.92. The number of aryl methyl sites for hydroxylation is 1. The Kier molecular flexibility index (Phi) is 5.19. The molecular weight excluding hydrogens is 368 g/mol. The second-order valence-electron chi connectivity index (χ2n) is 8.44. The Labute approximate surface area is 171 Å². The Balaban J connectivity index is 1.48. The molecular formula is C22H28N4OS. The summed E-state index contributed by atoms with van der Waals surface area (Å²) in [5, 5.41) is 18.3. The fourth-order valence-electron chi connectivity index (χ4n) is 3.90. The molecule has 2 fully saturated rings. The van der Waals surface area contributed by atoms with Crippen LogP contribution in [0.1, 0.15) is 37.3 Å². The van der Waals surface area contributed by atoms with E-state index in [0.29, 0.717) is 12.3 Å². The monoisotopic (exact) mass is 396 g/mol. The number of benzene rings is 1. The lowest BCUT2D eigenvalue weighted by molar-refractivity contribution is 0.257. The molecule has 0 radical (unpaired) electrons. The average Bonchev–Trinajstić information content (AvgIpc) is 3.50. The highest BCUT2D eigenvalue weighted by Gasteiger charge is 2.46. The number of thioether (sulfide) groups is 1. The maximum Gasteiger partial charge on any atom is 0.159 e. The molecule has 2 heterocycles. The van der Waals surface area contributed by atoms with Gasteiger partial charge in [-0.05, 0) is 37.8 Å². The van der Waals surface area contributed by atoms with Crippen molar-refractivity contribution in [2.24, 2.45) is 0 Å². The molecule has 1 saturated carbocycles. The molecule has 6 heteroatoms. The van der Waals surface area contributed by atoms with Gasteiger partial charge in [0.05, 0.1) is 12.4 Å². The van der Waals surface area contributed by atoms with Gasteiger partial charge in [0.15, 0.2) is 5.82 Å². The van der Waals surface area contributed by atoms with Crippen molar-refractivity contribution in [2.45, 2.75) is 43.3 Å². The molecule has 0 spiro atoms. The van der Waals surface area contributed by atoms with Crippen LogP contribution in [-0.4, -0.2) is 56.0 Å². The minimum atomic E-state index is -0.224. The normalized spacial score (nSPS) is 24.1. The summed E-state index contributed by atoms with van der Waals surface area (Å²) >= 11 is 1.79. The molecule has 1 saturated heterocycles. The zero-order valence-corrected chi connectivity index (χ0v) is 17.4. The summed E-state index contributed by atoms with van der Waals surface area (Å²) in [6.45, 7) is 5.96. The lowest BCUT2D eigenvalue weighted by Gasteiger charge is -2.30. The largest absolute Gasteiger partial charge is 0.395 e. The van der Waals surface area contributed by atoms with Gasteiger partial charge >= 0.3 is 0 Å². The van der Waals surface area contributed by atoms with Crippen molar-refractivity contribution >= 4 is 17.6 Å². The lowest BCUT2D eigenvalue weighted by atomic mass is 9.93. The fourth-order valence-corrected chi connectivity index (χ4v) is 5.03. The smallest absolute Gasteiger partial charge is 0.159 e. The summed E-state index contributed by atoms with van der Waals surface area (Å²) in [7, 11) is 0. The van der Waals surface area contributed by atoms with Crippen LogP contribution in [0.2, 0.25) is 0 Å². The summed E-state index contributed by atoms with van der Waals surface area (Å²) in [4.78, 5) is 11.1. The van der Waals surface area contributed by atoms with Crippen molar-refractivity contribution in [3.8, 4) is 11.4 Å². The number of hydrogen-bond acceptors (Lipinski definition) is 5. The van der Waals surface area contributed by atoms with Crippen LogP contribution in [-0.2, 0) is 5.41 Å². The average molecular weight is 397 g/mol. The third kappa shape index (κ3) is 3.94. The van der Waals surface area contributed by atoms with E-state index < -0.39 is 0 Å². The van der Waals surface area contributed by atoms with Gasteiger partial charge in [0.2, 0.25) is 0 Å². The zero-order chi connectivity index (χ0) is 19.8. The van der Waals surface area contributed by atoms with Gasteiger partial charge in [0.1, 0.15) is 0 Å². The van der Waals surface area contributed by atoms with Gasteiger partial charge in [0, 0.05) is 53.4 Å². The third-order valence-corrected chi connectivity index (χ3v) is 7.31. The molecule has 1 aromatic carbocycles. The Morgan fingerprint density at radius 2 is 1.86 bits per heavy atom. The van der Waals surface area contributed by atoms with Gasteiger partial charge in [-0.1, -0.05) is 24.3 Å². The second-order valence-corrected chi connectivity index (χ2v) is 10.1. The topological polar surface area (TPSA) is 73.1 Å². The molecule has 5 nitrogen and oxygen atoms in total. The van der Waals surface area contributed by atoms with Gasteiger partial charge in [-0.25, -0.2) is 9.97 Å². The fraction of sp³-hybridized carbons (Fsp3) is 0.500. The standard InChI is InChI=1S/C22H28N4OS/c1-16-12-24-20(25-13-16)17-3-5-18(6-4-17)22(7-8-22)14-26-9-10-28-21(2,15-27)11-19(26)23/h3-6,12-13,23,27H,7-11,14-15H2,1-2H3. The van der Waals surface area contributed by atoms with E-state index in [-0.39, 0.29) is 16.8 Å². The van der Waals surface area contributed by atoms with E-state index in [1.54, 1.807) is 11.8 Å². The highest BCUT2D eigenvalue weighted by atomic mass is 32.2.